The molecule has 4 heteroatoms. The third-order valence-electron chi connectivity index (χ3n) is 3.11. The molecular formula is C14H15F3O. The monoisotopic (exact) mass is 256 g/mol. The van der Waals surface area contributed by atoms with Crippen LogP contribution in [0.2, 0.25) is 0 Å². The summed E-state index contributed by atoms with van der Waals surface area (Å²) in [4.78, 5) is 0. The Balaban J connectivity index is 2.15. The molecule has 1 aromatic rings. The lowest BCUT2D eigenvalue weighted by Gasteiger charge is -2.17. The van der Waals surface area contributed by atoms with Gasteiger partial charge in [-0.15, -0.1) is 0 Å². The van der Waals surface area contributed by atoms with E-state index < -0.39 is 17.8 Å². The molecule has 0 saturated heterocycles. The number of hydrogen-bond acceptors (Lipinski definition) is 1. The van der Waals surface area contributed by atoms with Gasteiger partial charge in [-0.2, -0.15) is 13.2 Å². The first-order valence-electron chi connectivity index (χ1n) is 5.99. The molecule has 0 aliphatic heterocycles. The highest BCUT2D eigenvalue weighted by Gasteiger charge is 2.30. The Hall–Kier alpha value is -1.29. The quantitative estimate of drug-likeness (QED) is 0.799. The second-order valence-electron chi connectivity index (χ2n) is 4.66. The number of aliphatic hydroxyl groups is 1. The Morgan fingerprint density at radius 2 is 2.06 bits per heavy atom. The molecule has 0 fully saturated rings. The highest BCUT2D eigenvalue weighted by Crippen LogP contribution is 2.30. The van der Waals surface area contributed by atoms with Crippen molar-refractivity contribution < 1.29 is 18.3 Å². The van der Waals surface area contributed by atoms with E-state index in [0.717, 1.165) is 30.9 Å². The van der Waals surface area contributed by atoms with Crippen LogP contribution in [-0.2, 0) is 12.6 Å². The molecule has 1 unspecified atom stereocenters. The van der Waals surface area contributed by atoms with Crippen LogP contribution in [0.1, 0.15) is 30.4 Å². The average molecular weight is 256 g/mol. The van der Waals surface area contributed by atoms with Crippen molar-refractivity contribution in [2.45, 2.75) is 38.0 Å². The molecule has 0 amide bonds. The lowest BCUT2D eigenvalue weighted by molar-refractivity contribution is -0.137. The molecule has 0 saturated carbocycles. The summed E-state index contributed by atoms with van der Waals surface area (Å²) in [5.41, 5.74) is 1.05. The third kappa shape index (κ3) is 3.35. The molecule has 18 heavy (non-hydrogen) atoms. The zero-order valence-electron chi connectivity index (χ0n) is 9.87. The summed E-state index contributed by atoms with van der Waals surface area (Å²) in [5, 5.41) is 9.49. The number of allylic oxidation sites excluding steroid dienone is 1. The number of hydrogen-bond donors (Lipinski definition) is 1. The fourth-order valence-electron chi connectivity index (χ4n) is 2.24. The minimum Gasteiger partial charge on any atom is -0.389 e. The minimum absolute atomic E-state index is 0.445. The maximum atomic E-state index is 12.6. The van der Waals surface area contributed by atoms with Crippen molar-refractivity contribution in [3.8, 4) is 0 Å². The first-order valence-corrected chi connectivity index (χ1v) is 5.99. The van der Waals surface area contributed by atoms with E-state index in [1.165, 1.54) is 12.1 Å². The second-order valence-corrected chi connectivity index (χ2v) is 4.66. The lowest BCUT2D eigenvalue weighted by atomic mass is 9.92. The fraction of sp³-hybridized carbons (Fsp3) is 0.429. The van der Waals surface area contributed by atoms with Gasteiger partial charge in [0.05, 0.1) is 11.7 Å². The van der Waals surface area contributed by atoms with Crippen molar-refractivity contribution in [3.63, 3.8) is 0 Å². The minimum atomic E-state index is -4.30. The Kier molecular flexibility index (Phi) is 3.76. The molecule has 1 aliphatic rings. The van der Waals surface area contributed by atoms with E-state index in [9.17, 15) is 18.3 Å². The van der Waals surface area contributed by atoms with Crippen LogP contribution < -0.4 is 0 Å². The van der Waals surface area contributed by atoms with Crippen LogP contribution in [0.15, 0.2) is 35.9 Å². The highest BCUT2D eigenvalue weighted by molar-refractivity contribution is 5.29. The summed E-state index contributed by atoms with van der Waals surface area (Å²) in [6.45, 7) is 0. The van der Waals surface area contributed by atoms with Crippen molar-refractivity contribution in [1.82, 2.24) is 0 Å². The van der Waals surface area contributed by atoms with Gasteiger partial charge in [0.25, 0.3) is 0 Å². The van der Waals surface area contributed by atoms with Crippen LogP contribution in [0.4, 0.5) is 13.2 Å². The third-order valence-corrected chi connectivity index (χ3v) is 3.11. The molecule has 2 rings (SSSR count). The molecule has 0 spiro atoms. The summed E-state index contributed by atoms with van der Waals surface area (Å²) in [7, 11) is 0. The van der Waals surface area contributed by atoms with Gasteiger partial charge in [0.15, 0.2) is 0 Å². The first kappa shape index (κ1) is 13.1. The predicted molar refractivity (Wildman–Crippen MR) is 63.1 cm³/mol. The molecule has 0 heterocycles. The van der Waals surface area contributed by atoms with Crippen LogP contribution in [0.25, 0.3) is 0 Å². The Labute approximate surface area is 104 Å². The smallest absolute Gasteiger partial charge is 0.389 e. The van der Waals surface area contributed by atoms with Crippen LogP contribution in [0.3, 0.4) is 0 Å². The largest absolute Gasteiger partial charge is 0.416 e. The molecule has 1 aliphatic carbocycles. The van der Waals surface area contributed by atoms with E-state index in [0.29, 0.717) is 12.0 Å². The number of halogens is 3. The number of aliphatic hydroxyl groups excluding tert-OH is 1. The van der Waals surface area contributed by atoms with E-state index in [1.54, 1.807) is 12.1 Å². The maximum Gasteiger partial charge on any atom is 0.416 e. The Morgan fingerprint density at radius 3 is 2.72 bits per heavy atom. The van der Waals surface area contributed by atoms with Gasteiger partial charge in [0.2, 0.25) is 0 Å². The number of rotatable bonds is 2. The SMILES string of the molecule is OC1C=C(Cc2cccc(C(F)(F)F)c2)CCC1. The number of benzene rings is 1. The number of alkyl halides is 3. The fourth-order valence-corrected chi connectivity index (χ4v) is 2.24. The van der Waals surface area contributed by atoms with Crippen molar-refractivity contribution in [1.29, 1.82) is 0 Å². The van der Waals surface area contributed by atoms with E-state index in [2.05, 4.69) is 0 Å². The zero-order valence-corrected chi connectivity index (χ0v) is 9.87. The van der Waals surface area contributed by atoms with Crippen LogP contribution in [0, 0.1) is 0 Å². The first-order chi connectivity index (χ1) is 8.45. The predicted octanol–water partition coefficient (Wildman–Crippen LogP) is 3.72. The summed E-state index contributed by atoms with van der Waals surface area (Å²) >= 11 is 0. The summed E-state index contributed by atoms with van der Waals surface area (Å²) in [6.07, 6.45) is 0.00610. The van der Waals surface area contributed by atoms with Crippen molar-refractivity contribution >= 4 is 0 Å². The standard InChI is InChI=1S/C14H15F3O/c15-14(16,17)12-5-1-3-10(8-12)7-11-4-2-6-13(18)9-11/h1,3,5,8-9,13,18H,2,4,6-7H2. The molecule has 1 N–H and O–H groups in total. The van der Waals surface area contributed by atoms with E-state index in [4.69, 9.17) is 0 Å². The van der Waals surface area contributed by atoms with Crippen LogP contribution in [0.5, 0.6) is 0 Å². The van der Waals surface area contributed by atoms with Crippen molar-refractivity contribution in [2.24, 2.45) is 0 Å². The van der Waals surface area contributed by atoms with Gasteiger partial charge in [-0.05, 0) is 37.3 Å². The van der Waals surface area contributed by atoms with Gasteiger partial charge in [0, 0.05) is 0 Å². The summed E-state index contributed by atoms with van der Waals surface area (Å²) < 4.78 is 37.7. The highest BCUT2D eigenvalue weighted by atomic mass is 19.4. The van der Waals surface area contributed by atoms with Crippen LogP contribution >= 0.6 is 0 Å². The molecule has 1 atom stereocenters. The average Bonchev–Trinajstić information content (AvgIpc) is 2.28. The van der Waals surface area contributed by atoms with Gasteiger partial charge in [-0.25, -0.2) is 0 Å². The normalized spacial score (nSPS) is 20.7. The summed E-state index contributed by atoms with van der Waals surface area (Å²) in [5.74, 6) is 0. The van der Waals surface area contributed by atoms with E-state index in [-0.39, 0.29) is 0 Å². The molecule has 1 aromatic carbocycles. The maximum absolute atomic E-state index is 12.6. The van der Waals surface area contributed by atoms with E-state index in [1.807, 2.05) is 0 Å². The van der Waals surface area contributed by atoms with Gasteiger partial charge in [-0.1, -0.05) is 29.8 Å². The van der Waals surface area contributed by atoms with Gasteiger partial charge >= 0.3 is 6.18 Å². The van der Waals surface area contributed by atoms with Crippen LogP contribution in [-0.4, -0.2) is 11.2 Å². The lowest BCUT2D eigenvalue weighted by Crippen LogP contribution is -2.10. The molecule has 98 valence electrons. The Morgan fingerprint density at radius 1 is 1.28 bits per heavy atom. The topological polar surface area (TPSA) is 20.2 Å². The second kappa shape index (κ2) is 5.14. The van der Waals surface area contributed by atoms with Gasteiger partial charge in [0.1, 0.15) is 0 Å². The zero-order chi connectivity index (χ0) is 13.2. The van der Waals surface area contributed by atoms with Gasteiger partial charge < -0.3 is 5.11 Å². The molecule has 0 bridgehead atoms. The van der Waals surface area contributed by atoms with Gasteiger partial charge in [-0.3, -0.25) is 0 Å². The van der Waals surface area contributed by atoms with Crippen molar-refractivity contribution in [2.75, 3.05) is 0 Å². The molecular weight excluding hydrogens is 241 g/mol. The van der Waals surface area contributed by atoms with E-state index >= 15 is 0 Å². The van der Waals surface area contributed by atoms with Crippen molar-refractivity contribution in [3.05, 3.63) is 47.0 Å². The molecule has 0 radical (unpaired) electrons. The Bertz CT molecular complexity index is 449. The molecule has 0 aromatic heterocycles. The summed E-state index contributed by atoms with van der Waals surface area (Å²) in [6, 6.07) is 5.38. The molecule has 1 nitrogen and oxygen atoms in total.